The molecule has 25 heavy (non-hydrogen) atoms. The van der Waals surface area contributed by atoms with Crippen molar-refractivity contribution >= 4 is 23.2 Å². The Labute approximate surface area is 146 Å². The average molecular weight is 361 g/mol. The van der Waals surface area contributed by atoms with E-state index in [1.807, 2.05) is 17.5 Å². The number of ether oxygens (including phenoxy) is 1. The molecule has 0 aliphatic carbocycles. The van der Waals surface area contributed by atoms with E-state index in [1.54, 1.807) is 0 Å². The third kappa shape index (κ3) is 2.61. The van der Waals surface area contributed by atoms with E-state index in [-0.39, 0.29) is 24.3 Å². The molecule has 9 heteroatoms. The van der Waals surface area contributed by atoms with Gasteiger partial charge >= 0.3 is 0 Å². The van der Waals surface area contributed by atoms with Crippen LogP contribution < -0.4 is 10.7 Å². The minimum Gasteiger partial charge on any atom is -0.503 e. The van der Waals surface area contributed by atoms with E-state index in [0.717, 1.165) is 4.88 Å². The number of rotatable bonds is 3. The van der Waals surface area contributed by atoms with E-state index < -0.39 is 29.2 Å². The number of carbonyl (C=O) groups is 2. The van der Waals surface area contributed by atoms with Crippen LogP contribution in [0.2, 0.25) is 0 Å². The molecule has 0 spiro atoms. The maximum Gasteiger partial charge on any atom is 0.276 e. The SMILES string of the molecule is O=C(NCc1cccs1)c1cn2c(c(O)c1=O)C(=O)N1CCOC1C2. The number of thiophene rings is 1. The van der Waals surface area contributed by atoms with Crippen LogP contribution in [0.15, 0.2) is 28.5 Å². The van der Waals surface area contributed by atoms with Crippen molar-refractivity contribution in [3.8, 4) is 5.75 Å². The zero-order chi connectivity index (χ0) is 17.6. The fraction of sp³-hybridized carbons (Fsp3) is 0.312. The standard InChI is InChI=1S/C16H15N3O5S/c20-13-10(15(22)17-6-9-2-1-5-25-9)7-18-8-11-19(3-4-24-11)16(23)12(18)14(13)21/h1-2,5,7,11,21H,3-4,6,8H2,(H,17,22). The number of amides is 2. The van der Waals surface area contributed by atoms with Gasteiger partial charge in [-0.1, -0.05) is 6.07 Å². The molecule has 4 rings (SSSR count). The highest BCUT2D eigenvalue weighted by Crippen LogP contribution is 2.26. The number of hydrogen-bond donors (Lipinski definition) is 2. The van der Waals surface area contributed by atoms with Gasteiger partial charge in [-0.05, 0) is 11.4 Å². The first-order valence-corrected chi connectivity index (χ1v) is 8.64. The van der Waals surface area contributed by atoms with E-state index >= 15 is 0 Å². The largest absolute Gasteiger partial charge is 0.503 e. The van der Waals surface area contributed by atoms with Crippen LogP contribution in [0.4, 0.5) is 0 Å². The highest BCUT2D eigenvalue weighted by molar-refractivity contribution is 7.09. The lowest BCUT2D eigenvalue weighted by Crippen LogP contribution is -2.46. The summed E-state index contributed by atoms with van der Waals surface area (Å²) in [6.07, 6.45) is 0.877. The highest BCUT2D eigenvalue weighted by atomic mass is 32.1. The lowest BCUT2D eigenvalue weighted by molar-refractivity contribution is 0.00845. The summed E-state index contributed by atoms with van der Waals surface area (Å²) in [5.74, 6) is -1.75. The van der Waals surface area contributed by atoms with E-state index in [4.69, 9.17) is 4.74 Å². The van der Waals surface area contributed by atoms with Crippen molar-refractivity contribution < 1.29 is 19.4 Å². The van der Waals surface area contributed by atoms with Crippen LogP contribution >= 0.6 is 11.3 Å². The normalized spacial score (nSPS) is 18.8. The smallest absolute Gasteiger partial charge is 0.276 e. The van der Waals surface area contributed by atoms with Crippen LogP contribution in [0, 0.1) is 0 Å². The molecule has 0 aromatic carbocycles. The summed E-state index contributed by atoms with van der Waals surface area (Å²) in [6.45, 7) is 1.38. The molecule has 2 aliphatic rings. The number of pyridine rings is 1. The van der Waals surface area contributed by atoms with Gasteiger partial charge in [-0.3, -0.25) is 14.4 Å². The Hall–Kier alpha value is -2.65. The van der Waals surface area contributed by atoms with Crippen LogP contribution in [0.5, 0.6) is 5.75 Å². The van der Waals surface area contributed by atoms with Gasteiger partial charge in [-0.25, -0.2) is 0 Å². The molecule has 0 radical (unpaired) electrons. The molecule has 130 valence electrons. The molecule has 1 saturated heterocycles. The molecule has 2 N–H and O–H groups in total. The summed E-state index contributed by atoms with van der Waals surface area (Å²) in [5, 5.41) is 14.8. The van der Waals surface area contributed by atoms with Gasteiger partial charge in [0.25, 0.3) is 11.8 Å². The fourth-order valence-electron chi connectivity index (χ4n) is 3.06. The van der Waals surface area contributed by atoms with Crippen molar-refractivity contribution in [1.82, 2.24) is 14.8 Å². The lowest BCUT2D eigenvalue weighted by Gasteiger charge is -2.31. The van der Waals surface area contributed by atoms with E-state index in [0.29, 0.717) is 13.2 Å². The van der Waals surface area contributed by atoms with Gasteiger partial charge in [0.15, 0.2) is 17.7 Å². The van der Waals surface area contributed by atoms with E-state index in [1.165, 1.54) is 27.0 Å². The van der Waals surface area contributed by atoms with E-state index in [2.05, 4.69) is 5.32 Å². The second-order valence-electron chi connectivity index (χ2n) is 5.81. The van der Waals surface area contributed by atoms with E-state index in [9.17, 15) is 19.5 Å². The first kappa shape index (κ1) is 15.9. The summed E-state index contributed by atoms with van der Waals surface area (Å²) in [7, 11) is 0. The van der Waals surface area contributed by atoms with Gasteiger partial charge in [0, 0.05) is 17.6 Å². The molecule has 1 fully saturated rings. The molecule has 0 saturated carbocycles. The first-order chi connectivity index (χ1) is 12.1. The number of hydrogen-bond acceptors (Lipinski definition) is 6. The van der Waals surface area contributed by atoms with Gasteiger partial charge in [-0.2, -0.15) is 0 Å². The number of nitrogens with zero attached hydrogens (tertiary/aromatic N) is 2. The molecule has 8 nitrogen and oxygen atoms in total. The van der Waals surface area contributed by atoms with Crippen LogP contribution in [0.1, 0.15) is 25.7 Å². The lowest BCUT2D eigenvalue weighted by atomic mass is 10.1. The number of aromatic hydroxyl groups is 1. The quantitative estimate of drug-likeness (QED) is 0.822. The Balaban J connectivity index is 1.66. The third-order valence-electron chi connectivity index (χ3n) is 4.31. The number of carbonyl (C=O) groups excluding carboxylic acids is 2. The average Bonchev–Trinajstić information content (AvgIpc) is 3.27. The van der Waals surface area contributed by atoms with Crippen molar-refractivity contribution in [2.24, 2.45) is 0 Å². The number of aromatic nitrogens is 1. The van der Waals surface area contributed by atoms with Gasteiger partial charge in [0.1, 0.15) is 5.56 Å². The monoisotopic (exact) mass is 361 g/mol. The Bertz CT molecular complexity index is 905. The van der Waals surface area contributed by atoms with Crippen molar-refractivity contribution in [3.63, 3.8) is 0 Å². The molecule has 2 aromatic rings. The summed E-state index contributed by atoms with van der Waals surface area (Å²) in [6, 6.07) is 3.73. The molecule has 4 heterocycles. The second kappa shape index (κ2) is 6.01. The summed E-state index contributed by atoms with van der Waals surface area (Å²) in [5.41, 5.74) is -1.14. The Kier molecular flexibility index (Phi) is 3.81. The van der Waals surface area contributed by atoms with Gasteiger partial charge in [0.2, 0.25) is 5.43 Å². The summed E-state index contributed by atoms with van der Waals surface area (Å²) >= 11 is 1.49. The topological polar surface area (TPSA) is 101 Å². The predicted molar refractivity (Wildman–Crippen MR) is 88.6 cm³/mol. The van der Waals surface area contributed by atoms with Crippen molar-refractivity contribution in [1.29, 1.82) is 0 Å². The molecular weight excluding hydrogens is 346 g/mol. The van der Waals surface area contributed by atoms with Gasteiger partial charge < -0.3 is 24.6 Å². The van der Waals surface area contributed by atoms with Crippen LogP contribution in [-0.2, 0) is 17.8 Å². The first-order valence-electron chi connectivity index (χ1n) is 7.76. The molecule has 2 amide bonds. The maximum absolute atomic E-state index is 12.5. The van der Waals surface area contributed by atoms with Crippen molar-refractivity contribution in [2.45, 2.75) is 19.3 Å². The molecule has 1 unspecified atom stereocenters. The second-order valence-corrected chi connectivity index (χ2v) is 6.84. The molecule has 1 atom stereocenters. The minimum absolute atomic E-state index is 0.0958. The van der Waals surface area contributed by atoms with Gasteiger partial charge in [-0.15, -0.1) is 11.3 Å². The van der Waals surface area contributed by atoms with Crippen LogP contribution in [0.25, 0.3) is 0 Å². The Morgan fingerprint density at radius 2 is 2.28 bits per heavy atom. The fourth-order valence-corrected chi connectivity index (χ4v) is 3.71. The van der Waals surface area contributed by atoms with Crippen LogP contribution in [0.3, 0.4) is 0 Å². The summed E-state index contributed by atoms with van der Waals surface area (Å²) < 4.78 is 6.90. The highest BCUT2D eigenvalue weighted by Gasteiger charge is 2.39. The molecule has 0 bridgehead atoms. The molecule has 2 aromatic heterocycles. The Morgan fingerprint density at radius 1 is 1.44 bits per heavy atom. The maximum atomic E-state index is 12.5. The predicted octanol–water partition coefficient (Wildman–Crippen LogP) is 0.357. The zero-order valence-electron chi connectivity index (χ0n) is 13.1. The van der Waals surface area contributed by atoms with Crippen molar-refractivity contribution in [3.05, 3.63) is 50.1 Å². The van der Waals surface area contributed by atoms with Crippen LogP contribution in [-0.4, -0.2) is 45.8 Å². The number of nitrogens with one attached hydrogen (secondary N) is 1. The molecular formula is C16H15N3O5S. The van der Waals surface area contributed by atoms with Gasteiger partial charge in [0.05, 0.1) is 19.7 Å². The zero-order valence-corrected chi connectivity index (χ0v) is 13.9. The van der Waals surface area contributed by atoms with Crippen molar-refractivity contribution in [2.75, 3.05) is 13.2 Å². The third-order valence-corrected chi connectivity index (χ3v) is 5.19. The number of fused-ring (bicyclic) bond motifs is 2. The minimum atomic E-state index is -0.846. The Morgan fingerprint density at radius 3 is 3.04 bits per heavy atom. The summed E-state index contributed by atoms with van der Waals surface area (Å²) in [4.78, 5) is 39.6. The molecule has 2 aliphatic heterocycles.